The number of nitriles is 1. The molecule has 0 saturated carbocycles. The lowest BCUT2D eigenvalue weighted by Gasteiger charge is -2.38. The predicted octanol–water partition coefficient (Wildman–Crippen LogP) is 7.30. The molecule has 1 N–H and O–H groups in total. The zero-order chi connectivity index (χ0) is 31.4. The van der Waals surface area contributed by atoms with E-state index in [1.807, 2.05) is 20.8 Å². The number of hydrogen-bond acceptors (Lipinski definition) is 5. The minimum atomic E-state index is -1.91. The molecule has 11 heteroatoms. The molecule has 4 aromatic rings. The SMILES string of the molecule is COC(=O)c1ccc(-n2c(O)c3n(c2=O)[C@@H](CC(C)(C)C)[C@](C#N)(c2ccc(Cl)cc2F)[C@H]3c2cccc(Cl)c2F)cc1. The van der Waals surface area contributed by atoms with Crippen LogP contribution in [0.3, 0.4) is 0 Å². The summed E-state index contributed by atoms with van der Waals surface area (Å²) in [7, 11) is 1.24. The molecule has 1 aliphatic heterocycles. The average Bonchev–Trinajstić information content (AvgIpc) is 3.37. The van der Waals surface area contributed by atoms with Crippen molar-refractivity contribution in [3.05, 3.63) is 115 Å². The van der Waals surface area contributed by atoms with Crippen LogP contribution >= 0.6 is 23.2 Å². The van der Waals surface area contributed by atoms with Gasteiger partial charge >= 0.3 is 11.7 Å². The number of esters is 1. The molecule has 3 atom stereocenters. The van der Waals surface area contributed by atoms with Gasteiger partial charge in [-0.3, -0.25) is 4.57 Å². The van der Waals surface area contributed by atoms with E-state index in [2.05, 4.69) is 6.07 Å². The van der Waals surface area contributed by atoms with Gasteiger partial charge in [0.05, 0.1) is 47.1 Å². The van der Waals surface area contributed by atoms with Crippen LogP contribution in [0.15, 0.2) is 65.5 Å². The summed E-state index contributed by atoms with van der Waals surface area (Å²) >= 11 is 12.3. The third kappa shape index (κ3) is 4.79. The molecule has 1 aliphatic rings. The van der Waals surface area contributed by atoms with Gasteiger partial charge in [-0.2, -0.15) is 5.26 Å². The van der Waals surface area contributed by atoms with Crippen molar-refractivity contribution in [2.45, 2.75) is 44.6 Å². The quantitative estimate of drug-likeness (QED) is 0.235. The maximum Gasteiger partial charge on any atom is 0.337 e. The number of imidazole rings is 1. The van der Waals surface area contributed by atoms with Crippen molar-refractivity contribution < 1.29 is 23.4 Å². The first-order valence-electron chi connectivity index (χ1n) is 13.3. The van der Waals surface area contributed by atoms with E-state index in [0.29, 0.717) is 0 Å². The van der Waals surface area contributed by atoms with Gasteiger partial charge in [-0.05, 0) is 54.3 Å². The number of methoxy groups -OCH3 is 1. The number of carbonyl (C=O) groups excluding carboxylic acids is 1. The lowest BCUT2D eigenvalue weighted by atomic mass is 9.63. The van der Waals surface area contributed by atoms with Crippen molar-refractivity contribution in [1.82, 2.24) is 9.13 Å². The number of fused-ring (bicyclic) bond motifs is 1. The first-order chi connectivity index (χ1) is 20.3. The second-order valence-corrected chi connectivity index (χ2v) is 12.5. The highest BCUT2D eigenvalue weighted by Gasteiger charge is 2.61. The molecule has 2 heterocycles. The number of carbonyl (C=O) groups is 1. The minimum Gasteiger partial charge on any atom is -0.493 e. The molecule has 0 amide bonds. The molecule has 1 aromatic heterocycles. The molecule has 5 rings (SSSR count). The van der Waals surface area contributed by atoms with Gasteiger partial charge in [0.1, 0.15) is 17.0 Å². The largest absolute Gasteiger partial charge is 0.493 e. The molecule has 43 heavy (non-hydrogen) atoms. The van der Waals surface area contributed by atoms with E-state index < -0.39 is 52.0 Å². The molecule has 7 nitrogen and oxygen atoms in total. The highest BCUT2D eigenvalue weighted by atomic mass is 35.5. The normalized spacial score (nSPS) is 19.6. The number of ether oxygens (including phenoxy) is 1. The summed E-state index contributed by atoms with van der Waals surface area (Å²) in [6.07, 6.45) is 0.166. The Morgan fingerprint density at radius 3 is 2.37 bits per heavy atom. The van der Waals surface area contributed by atoms with Crippen molar-refractivity contribution in [1.29, 1.82) is 5.26 Å². The van der Waals surface area contributed by atoms with Crippen LogP contribution in [0.5, 0.6) is 5.88 Å². The fourth-order valence-electron chi connectivity index (χ4n) is 6.13. The topological polar surface area (TPSA) is 97.2 Å². The molecular formula is C32H27Cl2F2N3O4. The van der Waals surface area contributed by atoms with Crippen molar-refractivity contribution in [2.24, 2.45) is 5.41 Å². The standard InChI is InChI=1S/C32H27Cl2F2N3O4/c1-31(2,3)15-24-32(16-37,21-13-10-18(33)14-23(21)35)25(20-6-5-7-22(34)26(20)36)27-28(40)38(30(42)39(24)27)19-11-8-17(9-12-19)29(41)43-4/h5-14,24-25,40H,15H2,1-4H3/t24-,25-,32-/m0/s1. The van der Waals surface area contributed by atoms with Crippen LogP contribution in [0.2, 0.25) is 10.0 Å². The number of nitrogens with zero attached hydrogens (tertiary/aromatic N) is 3. The lowest BCUT2D eigenvalue weighted by Crippen LogP contribution is -2.41. The summed E-state index contributed by atoms with van der Waals surface area (Å²) in [5, 5.41) is 22.7. The van der Waals surface area contributed by atoms with Gasteiger partial charge in [0.15, 0.2) is 0 Å². The molecule has 0 unspecified atom stereocenters. The van der Waals surface area contributed by atoms with Gasteiger partial charge in [0, 0.05) is 16.1 Å². The Bertz CT molecular complexity index is 1850. The van der Waals surface area contributed by atoms with E-state index >= 15 is 8.78 Å². The third-order valence-corrected chi connectivity index (χ3v) is 8.40. The van der Waals surface area contributed by atoms with Crippen LogP contribution in [-0.2, 0) is 10.2 Å². The van der Waals surface area contributed by atoms with Crippen LogP contribution in [0.25, 0.3) is 5.69 Å². The highest BCUT2D eigenvalue weighted by molar-refractivity contribution is 6.31. The Labute approximate surface area is 256 Å². The molecule has 0 spiro atoms. The van der Waals surface area contributed by atoms with Crippen LogP contribution in [0.1, 0.15) is 66.3 Å². The van der Waals surface area contributed by atoms with Crippen molar-refractivity contribution >= 4 is 29.2 Å². The van der Waals surface area contributed by atoms with Gasteiger partial charge in [-0.1, -0.05) is 62.2 Å². The maximum atomic E-state index is 15.9. The first-order valence-corrected chi connectivity index (χ1v) is 14.1. The number of aromatic hydroxyl groups is 1. The minimum absolute atomic E-state index is 0.0756. The zero-order valence-corrected chi connectivity index (χ0v) is 25.2. The Morgan fingerprint density at radius 1 is 1.12 bits per heavy atom. The maximum absolute atomic E-state index is 15.9. The highest BCUT2D eigenvalue weighted by Crippen LogP contribution is 2.60. The molecule has 0 aliphatic carbocycles. The summed E-state index contributed by atoms with van der Waals surface area (Å²) < 4.78 is 38.8. The number of rotatable bonds is 5. The van der Waals surface area contributed by atoms with E-state index in [1.165, 1.54) is 66.3 Å². The van der Waals surface area contributed by atoms with Gasteiger partial charge in [-0.15, -0.1) is 0 Å². The fraction of sp³-hybridized carbons (Fsp3) is 0.281. The molecule has 222 valence electrons. The second kappa shape index (κ2) is 10.9. The Hall–Kier alpha value is -4.13. The second-order valence-electron chi connectivity index (χ2n) is 11.7. The van der Waals surface area contributed by atoms with Crippen LogP contribution in [0.4, 0.5) is 8.78 Å². The van der Waals surface area contributed by atoms with Crippen molar-refractivity contribution in [3.63, 3.8) is 0 Å². The van der Waals surface area contributed by atoms with Gasteiger partial charge in [0.25, 0.3) is 0 Å². The van der Waals surface area contributed by atoms with Crippen LogP contribution in [-0.4, -0.2) is 27.3 Å². The van der Waals surface area contributed by atoms with Crippen molar-refractivity contribution in [2.75, 3.05) is 7.11 Å². The predicted molar refractivity (Wildman–Crippen MR) is 158 cm³/mol. The zero-order valence-electron chi connectivity index (χ0n) is 23.7. The fourth-order valence-corrected chi connectivity index (χ4v) is 6.47. The summed E-state index contributed by atoms with van der Waals surface area (Å²) in [4.78, 5) is 26.3. The Morgan fingerprint density at radius 2 is 1.79 bits per heavy atom. The van der Waals surface area contributed by atoms with Crippen LogP contribution in [0, 0.1) is 28.4 Å². The Balaban J connectivity index is 1.90. The third-order valence-electron chi connectivity index (χ3n) is 7.87. The van der Waals surface area contributed by atoms with Crippen LogP contribution < -0.4 is 5.69 Å². The summed E-state index contributed by atoms with van der Waals surface area (Å²) in [6, 6.07) is 15.0. The van der Waals surface area contributed by atoms with E-state index in [1.54, 1.807) is 0 Å². The summed E-state index contributed by atoms with van der Waals surface area (Å²) in [5.41, 5.74) is -3.01. The summed E-state index contributed by atoms with van der Waals surface area (Å²) in [5.74, 6) is -4.21. The first kappa shape index (κ1) is 30.3. The number of hydrogen-bond donors (Lipinski definition) is 1. The Kier molecular flexibility index (Phi) is 7.66. The molecule has 0 radical (unpaired) electrons. The van der Waals surface area contributed by atoms with Gasteiger partial charge in [-0.25, -0.2) is 22.9 Å². The molecular weight excluding hydrogens is 599 g/mol. The van der Waals surface area contributed by atoms with E-state index in [0.717, 1.165) is 10.6 Å². The van der Waals surface area contributed by atoms with Gasteiger partial charge in [0.2, 0.25) is 5.88 Å². The van der Waals surface area contributed by atoms with E-state index in [9.17, 15) is 20.0 Å². The smallest absolute Gasteiger partial charge is 0.337 e. The number of benzene rings is 3. The number of aromatic nitrogens is 2. The molecule has 0 saturated heterocycles. The molecule has 3 aromatic carbocycles. The van der Waals surface area contributed by atoms with E-state index in [4.69, 9.17) is 27.9 Å². The molecule has 0 fully saturated rings. The lowest BCUT2D eigenvalue weighted by molar-refractivity contribution is 0.0600. The van der Waals surface area contributed by atoms with Crippen molar-refractivity contribution in [3.8, 4) is 17.6 Å². The molecule has 0 bridgehead atoms. The average molecular weight is 626 g/mol. The number of halogens is 4. The van der Waals surface area contributed by atoms with E-state index in [-0.39, 0.29) is 44.5 Å². The monoisotopic (exact) mass is 625 g/mol. The van der Waals surface area contributed by atoms with Gasteiger partial charge < -0.3 is 9.84 Å². The summed E-state index contributed by atoms with van der Waals surface area (Å²) in [6.45, 7) is 5.69.